The van der Waals surface area contributed by atoms with Crippen molar-refractivity contribution in [3.05, 3.63) is 35.7 Å². The van der Waals surface area contributed by atoms with Gasteiger partial charge in [-0.15, -0.1) is 5.10 Å². The predicted octanol–water partition coefficient (Wildman–Crippen LogP) is 1.66. The van der Waals surface area contributed by atoms with E-state index in [1.165, 1.54) is 11.3 Å². The van der Waals surface area contributed by atoms with E-state index in [1.807, 2.05) is 4.68 Å². The number of fused-ring (bicyclic) bond motifs is 1. The average molecular weight is 257 g/mol. The molecular formula is C14H19N5. The summed E-state index contributed by atoms with van der Waals surface area (Å²) in [4.78, 5) is 6.35. The Hall–Kier alpha value is -2.04. The lowest BCUT2D eigenvalue weighted by Crippen LogP contribution is -2.20. The summed E-state index contributed by atoms with van der Waals surface area (Å²) in [6.07, 6.45) is 2.06. The molecule has 5 nitrogen and oxygen atoms in total. The molecule has 0 amide bonds. The van der Waals surface area contributed by atoms with Gasteiger partial charge in [0.1, 0.15) is 5.82 Å². The van der Waals surface area contributed by atoms with E-state index in [9.17, 15) is 0 Å². The van der Waals surface area contributed by atoms with E-state index in [2.05, 4.69) is 53.3 Å². The number of benzene rings is 1. The fourth-order valence-corrected chi connectivity index (χ4v) is 2.64. The van der Waals surface area contributed by atoms with E-state index < -0.39 is 0 Å². The molecule has 0 fully saturated rings. The first-order chi connectivity index (χ1) is 9.13. The first-order valence-corrected chi connectivity index (χ1v) is 6.60. The molecule has 0 bridgehead atoms. The molecular weight excluding hydrogens is 238 g/mol. The third kappa shape index (κ3) is 2.28. The highest BCUT2D eigenvalue weighted by Crippen LogP contribution is 2.29. The van der Waals surface area contributed by atoms with Crippen molar-refractivity contribution in [2.45, 2.75) is 25.3 Å². The smallest absolute Gasteiger partial charge is 0.239 e. The summed E-state index contributed by atoms with van der Waals surface area (Å²) in [5.41, 5.74) is 8.24. The maximum absolute atomic E-state index is 5.65. The van der Waals surface area contributed by atoms with Crippen molar-refractivity contribution < 1.29 is 0 Å². The summed E-state index contributed by atoms with van der Waals surface area (Å²) in [5, 5.41) is 4.25. The minimum Gasteiger partial charge on any atom is -0.378 e. The van der Waals surface area contributed by atoms with Crippen LogP contribution in [0.5, 0.6) is 0 Å². The molecule has 1 atom stereocenters. The number of nitrogens with two attached hydrogens (primary N) is 1. The van der Waals surface area contributed by atoms with Crippen LogP contribution < -0.4 is 10.6 Å². The summed E-state index contributed by atoms with van der Waals surface area (Å²) in [6, 6.07) is 8.76. The Kier molecular flexibility index (Phi) is 2.89. The van der Waals surface area contributed by atoms with Crippen molar-refractivity contribution in [2.75, 3.05) is 24.7 Å². The lowest BCUT2D eigenvalue weighted by atomic mass is 9.91. The predicted molar refractivity (Wildman–Crippen MR) is 76.3 cm³/mol. The Bertz CT molecular complexity index is 570. The molecule has 2 heterocycles. The zero-order chi connectivity index (χ0) is 13.4. The topological polar surface area (TPSA) is 60.0 Å². The van der Waals surface area contributed by atoms with Crippen molar-refractivity contribution >= 4 is 11.6 Å². The largest absolute Gasteiger partial charge is 0.378 e. The molecule has 0 aliphatic carbocycles. The van der Waals surface area contributed by atoms with Crippen LogP contribution >= 0.6 is 0 Å². The van der Waals surface area contributed by atoms with Crippen LogP contribution in [-0.2, 0) is 13.0 Å². The summed E-state index contributed by atoms with van der Waals surface area (Å²) >= 11 is 0. The Morgan fingerprint density at radius 3 is 2.68 bits per heavy atom. The fraction of sp³-hybridized carbons (Fsp3) is 0.429. The maximum Gasteiger partial charge on any atom is 0.239 e. The van der Waals surface area contributed by atoms with E-state index in [0.29, 0.717) is 11.9 Å². The number of aryl methyl sites for hydroxylation is 1. The van der Waals surface area contributed by atoms with Crippen LogP contribution in [0, 0.1) is 0 Å². The molecule has 3 rings (SSSR count). The molecule has 1 aliphatic heterocycles. The van der Waals surface area contributed by atoms with Gasteiger partial charge < -0.3 is 10.6 Å². The minimum absolute atomic E-state index is 0.388. The van der Waals surface area contributed by atoms with Gasteiger partial charge in [0, 0.05) is 38.7 Å². The molecule has 1 aromatic heterocycles. The third-order valence-corrected chi connectivity index (χ3v) is 3.76. The molecule has 0 radical (unpaired) electrons. The van der Waals surface area contributed by atoms with Crippen LogP contribution in [0.25, 0.3) is 0 Å². The first-order valence-electron chi connectivity index (χ1n) is 6.60. The summed E-state index contributed by atoms with van der Waals surface area (Å²) in [6.45, 7) is 0.876. The van der Waals surface area contributed by atoms with Gasteiger partial charge in [0.25, 0.3) is 0 Å². The van der Waals surface area contributed by atoms with Gasteiger partial charge in [-0.1, -0.05) is 12.1 Å². The average Bonchev–Trinajstić information content (AvgIpc) is 2.77. The van der Waals surface area contributed by atoms with Crippen LogP contribution in [0.2, 0.25) is 0 Å². The molecule has 0 saturated heterocycles. The Balaban J connectivity index is 1.80. The maximum atomic E-state index is 5.65. The number of hydrogen-bond acceptors (Lipinski definition) is 4. The summed E-state index contributed by atoms with van der Waals surface area (Å²) < 4.78 is 1.95. The van der Waals surface area contributed by atoms with Crippen LogP contribution in [-0.4, -0.2) is 28.9 Å². The highest BCUT2D eigenvalue weighted by molar-refractivity contribution is 5.46. The zero-order valence-electron chi connectivity index (χ0n) is 11.4. The van der Waals surface area contributed by atoms with E-state index >= 15 is 0 Å². The number of nitrogens with zero attached hydrogens (tertiary/aromatic N) is 4. The fourth-order valence-electron chi connectivity index (χ4n) is 2.64. The number of hydrogen-bond donors (Lipinski definition) is 1. The minimum atomic E-state index is 0.388. The van der Waals surface area contributed by atoms with E-state index in [1.54, 1.807) is 0 Å². The quantitative estimate of drug-likeness (QED) is 0.888. The molecule has 1 aliphatic rings. The van der Waals surface area contributed by atoms with Crippen molar-refractivity contribution in [1.82, 2.24) is 14.8 Å². The van der Waals surface area contributed by atoms with E-state index in [-0.39, 0.29) is 0 Å². The lowest BCUT2D eigenvalue weighted by Gasteiger charge is -2.23. The molecule has 100 valence electrons. The highest BCUT2D eigenvalue weighted by atomic mass is 15.4. The first kappa shape index (κ1) is 12.0. The van der Waals surface area contributed by atoms with Crippen LogP contribution in [0.15, 0.2) is 24.3 Å². The van der Waals surface area contributed by atoms with Gasteiger partial charge in [-0.25, -0.2) is 4.68 Å². The Labute approximate surface area is 113 Å². The van der Waals surface area contributed by atoms with Crippen LogP contribution in [0.1, 0.15) is 23.7 Å². The second-order valence-electron chi connectivity index (χ2n) is 5.29. The molecule has 0 spiro atoms. The Morgan fingerprint density at radius 1 is 1.26 bits per heavy atom. The number of anilines is 2. The number of nitrogen functional groups attached to an aromatic ring is 1. The van der Waals surface area contributed by atoms with Gasteiger partial charge in [-0.05, 0) is 24.1 Å². The monoisotopic (exact) mass is 257 g/mol. The van der Waals surface area contributed by atoms with Gasteiger partial charge >= 0.3 is 0 Å². The highest BCUT2D eigenvalue weighted by Gasteiger charge is 2.22. The Morgan fingerprint density at radius 2 is 2.00 bits per heavy atom. The van der Waals surface area contributed by atoms with Crippen molar-refractivity contribution in [2.24, 2.45) is 0 Å². The van der Waals surface area contributed by atoms with Gasteiger partial charge in [0.05, 0.1) is 0 Å². The van der Waals surface area contributed by atoms with Gasteiger partial charge in [-0.2, -0.15) is 4.98 Å². The van der Waals surface area contributed by atoms with Crippen molar-refractivity contribution in [3.8, 4) is 0 Å². The van der Waals surface area contributed by atoms with Gasteiger partial charge in [0.2, 0.25) is 5.95 Å². The molecule has 1 unspecified atom stereocenters. The molecule has 19 heavy (non-hydrogen) atoms. The van der Waals surface area contributed by atoms with Crippen molar-refractivity contribution in [3.63, 3.8) is 0 Å². The SMILES string of the molecule is CN(C)c1ccc(C2CCc3nc(N)nn3C2)cc1. The molecule has 2 aromatic rings. The van der Waals surface area contributed by atoms with E-state index in [4.69, 9.17) is 5.73 Å². The van der Waals surface area contributed by atoms with Gasteiger partial charge in [0.15, 0.2) is 0 Å². The summed E-state index contributed by atoms with van der Waals surface area (Å²) in [5.74, 6) is 1.90. The van der Waals surface area contributed by atoms with Gasteiger partial charge in [-0.3, -0.25) is 0 Å². The zero-order valence-corrected chi connectivity index (χ0v) is 11.4. The van der Waals surface area contributed by atoms with Crippen LogP contribution in [0.4, 0.5) is 11.6 Å². The molecule has 2 N–H and O–H groups in total. The third-order valence-electron chi connectivity index (χ3n) is 3.76. The molecule has 5 heteroatoms. The van der Waals surface area contributed by atoms with Crippen LogP contribution in [0.3, 0.4) is 0 Å². The van der Waals surface area contributed by atoms with E-state index in [0.717, 1.165) is 25.2 Å². The number of rotatable bonds is 2. The standard InChI is InChI=1S/C14H19N5/c1-18(2)12-6-3-10(4-7-12)11-5-8-13-16-14(15)17-19(13)9-11/h3-4,6-7,11H,5,8-9H2,1-2H3,(H2,15,17). The second kappa shape index (κ2) is 4.57. The second-order valence-corrected chi connectivity index (χ2v) is 5.29. The molecule has 1 aromatic carbocycles. The lowest BCUT2D eigenvalue weighted by molar-refractivity contribution is 0.423. The van der Waals surface area contributed by atoms with Crippen molar-refractivity contribution in [1.29, 1.82) is 0 Å². The normalized spacial score (nSPS) is 18.1. The summed E-state index contributed by atoms with van der Waals surface area (Å²) in [7, 11) is 4.11. The molecule has 0 saturated carbocycles. The number of aromatic nitrogens is 3.